The molecule has 0 amide bonds. The van der Waals surface area contributed by atoms with Crippen LogP contribution < -0.4 is 5.32 Å². The molecule has 0 heterocycles. The van der Waals surface area contributed by atoms with E-state index < -0.39 is 0 Å². The van der Waals surface area contributed by atoms with Gasteiger partial charge >= 0.3 is 0 Å². The van der Waals surface area contributed by atoms with Gasteiger partial charge in [-0.25, -0.2) is 0 Å². The molecule has 0 aromatic carbocycles. The zero-order valence-electron chi connectivity index (χ0n) is 14.1. The highest BCUT2D eigenvalue weighted by molar-refractivity contribution is 4.91. The Balaban J connectivity index is 2.73. The van der Waals surface area contributed by atoms with Gasteiger partial charge < -0.3 is 5.32 Å². The van der Waals surface area contributed by atoms with Crippen molar-refractivity contribution in [2.24, 2.45) is 11.8 Å². The summed E-state index contributed by atoms with van der Waals surface area (Å²) >= 11 is 0. The molecule has 0 aromatic heterocycles. The van der Waals surface area contributed by atoms with Crippen LogP contribution in [0.4, 0.5) is 0 Å². The lowest BCUT2D eigenvalue weighted by Crippen LogP contribution is -2.56. The molecule has 2 heteroatoms. The monoisotopic (exact) mass is 268 g/mol. The summed E-state index contributed by atoms with van der Waals surface area (Å²) in [5.74, 6) is 1.64. The van der Waals surface area contributed by atoms with Crippen LogP contribution in [0, 0.1) is 11.8 Å². The quantitative estimate of drug-likeness (QED) is 0.753. The largest absolute Gasteiger partial charge is 0.312 e. The van der Waals surface area contributed by atoms with Crippen molar-refractivity contribution < 1.29 is 0 Å². The van der Waals surface area contributed by atoms with Crippen LogP contribution in [0.2, 0.25) is 0 Å². The fourth-order valence-electron chi connectivity index (χ4n) is 3.44. The van der Waals surface area contributed by atoms with Gasteiger partial charge in [0.2, 0.25) is 0 Å². The third kappa shape index (κ3) is 5.43. The Labute approximate surface area is 121 Å². The Morgan fingerprint density at radius 3 is 2.37 bits per heavy atom. The van der Waals surface area contributed by atoms with E-state index in [1.54, 1.807) is 0 Å². The van der Waals surface area contributed by atoms with Gasteiger partial charge in [0.05, 0.1) is 0 Å². The molecule has 19 heavy (non-hydrogen) atoms. The van der Waals surface area contributed by atoms with Crippen molar-refractivity contribution in [1.82, 2.24) is 10.2 Å². The van der Waals surface area contributed by atoms with Gasteiger partial charge in [-0.2, -0.15) is 0 Å². The molecule has 1 rings (SSSR count). The van der Waals surface area contributed by atoms with E-state index in [4.69, 9.17) is 0 Å². The van der Waals surface area contributed by atoms with Gasteiger partial charge in [-0.05, 0) is 57.9 Å². The van der Waals surface area contributed by atoms with Gasteiger partial charge in [-0.15, -0.1) is 0 Å². The summed E-state index contributed by atoms with van der Waals surface area (Å²) < 4.78 is 0. The third-order valence-corrected chi connectivity index (χ3v) is 4.40. The summed E-state index contributed by atoms with van der Waals surface area (Å²) in [6.07, 6.45) is 5.36. The standard InChI is InChI=1S/C17H36N2/c1-7-10-18-16-9-8-15(6)11-17(16)19(14(4)5)12-13(2)3/h13-18H,7-12H2,1-6H3. The predicted molar refractivity (Wildman–Crippen MR) is 85.6 cm³/mol. The van der Waals surface area contributed by atoms with Gasteiger partial charge in [0.1, 0.15) is 0 Å². The van der Waals surface area contributed by atoms with E-state index >= 15 is 0 Å². The molecule has 3 unspecified atom stereocenters. The van der Waals surface area contributed by atoms with E-state index in [1.165, 1.54) is 38.8 Å². The molecule has 3 atom stereocenters. The molecule has 2 nitrogen and oxygen atoms in total. The average Bonchev–Trinajstić information content (AvgIpc) is 2.34. The molecule has 0 aliphatic heterocycles. The molecule has 1 saturated carbocycles. The van der Waals surface area contributed by atoms with E-state index in [1.807, 2.05) is 0 Å². The minimum Gasteiger partial charge on any atom is -0.312 e. The molecule has 114 valence electrons. The molecule has 1 N–H and O–H groups in total. The summed E-state index contributed by atoms with van der Waals surface area (Å²) in [6.45, 7) is 16.5. The van der Waals surface area contributed by atoms with Crippen LogP contribution in [0.1, 0.15) is 67.2 Å². The second kappa shape index (κ2) is 8.26. The number of nitrogens with zero attached hydrogens (tertiary/aromatic N) is 1. The first kappa shape index (κ1) is 17.0. The summed E-state index contributed by atoms with van der Waals surface area (Å²) in [7, 11) is 0. The minimum atomic E-state index is 0.656. The number of nitrogens with one attached hydrogen (secondary N) is 1. The summed E-state index contributed by atoms with van der Waals surface area (Å²) in [5.41, 5.74) is 0. The van der Waals surface area contributed by atoms with Crippen molar-refractivity contribution in [1.29, 1.82) is 0 Å². The Kier molecular flexibility index (Phi) is 7.38. The van der Waals surface area contributed by atoms with Crippen LogP contribution in [-0.4, -0.2) is 36.1 Å². The Hall–Kier alpha value is -0.0800. The van der Waals surface area contributed by atoms with Crippen LogP contribution in [0.3, 0.4) is 0 Å². The summed E-state index contributed by atoms with van der Waals surface area (Å²) in [6, 6.07) is 2.10. The van der Waals surface area contributed by atoms with Crippen LogP contribution in [0.15, 0.2) is 0 Å². The molecule has 0 radical (unpaired) electrons. The lowest BCUT2D eigenvalue weighted by Gasteiger charge is -2.45. The maximum atomic E-state index is 3.81. The van der Waals surface area contributed by atoms with Crippen molar-refractivity contribution in [2.75, 3.05) is 13.1 Å². The first-order valence-corrected chi connectivity index (χ1v) is 8.44. The van der Waals surface area contributed by atoms with E-state index in [-0.39, 0.29) is 0 Å². The molecule has 1 aliphatic rings. The van der Waals surface area contributed by atoms with Crippen molar-refractivity contribution >= 4 is 0 Å². The van der Waals surface area contributed by atoms with E-state index in [0.29, 0.717) is 12.1 Å². The molecular weight excluding hydrogens is 232 g/mol. The minimum absolute atomic E-state index is 0.656. The predicted octanol–water partition coefficient (Wildman–Crippen LogP) is 3.91. The Morgan fingerprint density at radius 2 is 1.84 bits per heavy atom. The second-order valence-electron chi connectivity index (χ2n) is 7.23. The normalized spacial score (nSPS) is 28.6. The van der Waals surface area contributed by atoms with Gasteiger partial charge in [0, 0.05) is 24.7 Å². The molecular formula is C17H36N2. The topological polar surface area (TPSA) is 15.3 Å². The molecule has 0 aromatic rings. The van der Waals surface area contributed by atoms with Crippen LogP contribution in [-0.2, 0) is 0 Å². The number of hydrogen-bond acceptors (Lipinski definition) is 2. The molecule has 0 spiro atoms. The number of hydrogen-bond donors (Lipinski definition) is 1. The van der Waals surface area contributed by atoms with Crippen LogP contribution >= 0.6 is 0 Å². The fourth-order valence-corrected chi connectivity index (χ4v) is 3.44. The van der Waals surface area contributed by atoms with E-state index in [0.717, 1.165) is 17.9 Å². The molecule has 1 aliphatic carbocycles. The van der Waals surface area contributed by atoms with Gasteiger partial charge in [-0.1, -0.05) is 27.7 Å². The zero-order valence-corrected chi connectivity index (χ0v) is 14.1. The zero-order chi connectivity index (χ0) is 14.4. The Morgan fingerprint density at radius 1 is 1.16 bits per heavy atom. The first-order chi connectivity index (χ1) is 8.95. The molecule has 1 fully saturated rings. The molecule has 0 saturated heterocycles. The summed E-state index contributed by atoms with van der Waals surface area (Å²) in [4.78, 5) is 2.76. The maximum Gasteiger partial charge on any atom is 0.0254 e. The Bertz CT molecular complexity index is 235. The highest BCUT2D eigenvalue weighted by Crippen LogP contribution is 2.29. The third-order valence-electron chi connectivity index (χ3n) is 4.40. The second-order valence-corrected chi connectivity index (χ2v) is 7.23. The highest BCUT2D eigenvalue weighted by Gasteiger charge is 2.33. The lowest BCUT2D eigenvalue weighted by atomic mass is 9.81. The van der Waals surface area contributed by atoms with Crippen LogP contribution in [0.25, 0.3) is 0 Å². The van der Waals surface area contributed by atoms with Crippen molar-refractivity contribution in [3.05, 3.63) is 0 Å². The van der Waals surface area contributed by atoms with Crippen molar-refractivity contribution in [2.45, 2.75) is 85.4 Å². The fraction of sp³-hybridized carbons (Fsp3) is 1.00. The number of rotatable bonds is 7. The SMILES string of the molecule is CCCNC1CCC(C)CC1N(CC(C)C)C(C)C. The van der Waals surface area contributed by atoms with Crippen molar-refractivity contribution in [3.8, 4) is 0 Å². The summed E-state index contributed by atoms with van der Waals surface area (Å²) in [5, 5.41) is 3.81. The lowest BCUT2D eigenvalue weighted by molar-refractivity contribution is 0.0644. The van der Waals surface area contributed by atoms with Gasteiger partial charge in [0.25, 0.3) is 0 Å². The smallest absolute Gasteiger partial charge is 0.0254 e. The maximum absolute atomic E-state index is 3.81. The average molecular weight is 268 g/mol. The van der Waals surface area contributed by atoms with Crippen LogP contribution in [0.5, 0.6) is 0 Å². The highest BCUT2D eigenvalue weighted by atomic mass is 15.2. The van der Waals surface area contributed by atoms with Crippen molar-refractivity contribution in [3.63, 3.8) is 0 Å². The van der Waals surface area contributed by atoms with Gasteiger partial charge in [0.15, 0.2) is 0 Å². The van der Waals surface area contributed by atoms with E-state index in [2.05, 4.69) is 51.8 Å². The first-order valence-electron chi connectivity index (χ1n) is 8.44. The van der Waals surface area contributed by atoms with Gasteiger partial charge in [-0.3, -0.25) is 4.90 Å². The molecule has 0 bridgehead atoms. The van der Waals surface area contributed by atoms with E-state index in [9.17, 15) is 0 Å².